The molecule has 2 saturated heterocycles. The lowest BCUT2D eigenvalue weighted by Crippen LogP contribution is -2.36. The molecule has 1 amide bonds. The number of aromatic hydroxyl groups is 1. The molecular formula is C25H27NO7. The molecule has 0 saturated carbocycles. The van der Waals surface area contributed by atoms with E-state index in [1.807, 2.05) is 0 Å². The maximum atomic E-state index is 13.1. The fourth-order valence-electron chi connectivity index (χ4n) is 4.30. The van der Waals surface area contributed by atoms with Crippen molar-refractivity contribution in [1.82, 2.24) is 4.90 Å². The molecule has 2 N–H and O–H groups in total. The number of aliphatic hydroxyl groups is 1. The van der Waals surface area contributed by atoms with E-state index in [1.54, 1.807) is 43.3 Å². The molecule has 0 aliphatic carbocycles. The largest absolute Gasteiger partial charge is 0.507 e. The molecule has 174 valence electrons. The van der Waals surface area contributed by atoms with E-state index in [0.717, 1.165) is 12.8 Å². The predicted molar refractivity (Wildman–Crippen MR) is 120 cm³/mol. The average molecular weight is 453 g/mol. The standard InChI is InChI=1S/C25H27NO7/c1-3-32-20-13-16(8-11-19(20)27)22-21(23(28)15-6-9-17(31-2)10-7-15)24(29)25(30)26(22)14-18-5-4-12-33-18/h6-11,13,18,22,27-28H,3-5,12,14H2,1-2H3/t18-,22-/m1/s1. The van der Waals surface area contributed by atoms with Crippen LogP contribution in [0.1, 0.15) is 36.9 Å². The third kappa shape index (κ3) is 4.39. The van der Waals surface area contributed by atoms with Crippen LogP contribution in [0.5, 0.6) is 17.2 Å². The van der Waals surface area contributed by atoms with Crippen LogP contribution in [0.3, 0.4) is 0 Å². The van der Waals surface area contributed by atoms with Crippen LogP contribution >= 0.6 is 0 Å². The number of aliphatic hydroxyl groups excluding tert-OH is 1. The van der Waals surface area contributed by atoms with Gasteiger partial charge >= 0.3 is 0 Å². The van der Waals surface area contributed by atoms with Gasteiger partial charge in [0.15, 0.2) is 11.5 Å². The minimum absolute atomic E-state index is 0.0173. The number of hydrogen-bond acceptors (Lipinski definition) is 7. The van der Waals surface area contributed by atoms with Crippen LogP contribution in [0.25, 0.3) is 5.76 Å². The number of likely N-dealkylation sites (tertiary alicyclic amines) is 1. The number of benzene rings is 2. The molecule has 8 nitrogen and oxygen atoms in total. The summed E-state index contributed by atoms with van der Waals surface area (Å²) in [6, 6.07) is 10.4. The first-order valence-electron chi connectivity index (χ1n) is 10.9. The number of carbonyl (C=O) groups is 2. The Balaban J connectivity index is 1.83. The Kier molecular flexibility index (Phi) is 6.55. The van der Waals surface area contributed by atoms with E-state index in [2.05, 4.69) is 0 Å². The van der Waals surface area contributed by atoms with Crippen LogP contribution in [-0.4, -0.2) is 59.8 Å². The number of methoxy groups -OCH3 is 1. The first-order valence-corrected chi connectivity index (χ1v) is 10.9. The lowest BCUT2D eigenvalue weighted by atomic mass is 9.94. The molecule has 0 spiro atoms. The van der Waals surface area contributed by atoms with Crippen LogP contribution < -0.4 is 9.47 Å². The van der Waals surface area contributed by atoms with Gasteiger partial charge in [-0.1, -0.05) is 6.07 Å². The summed E-state index contributed by atoms with van der Waals surface area (Å²) in [7, 11) is 1.53. The van der Waals surface area contributed by atoms with Gasteiger partial charge in [0, 0.05) is 18.7 Å². The Bertz CT molecular complexity index is 1070. The van der Waals surface area contributed by atoms with E-state index < -0.39 is 17.7 Å². The second-order valence-corrected chi connectivity index (χ2v) is 7.98. The zero-order chi connectivity index (χ0) is 23.5. The quantitative estimate of drug-likeness (QED) is 0.376. The van der Waals surface area contributed by atoms with Crippen LogP contribution in [0.4, 0.5) is 0 Å². The number of hydrogen-bond donors (Lipinski definition) is 2. The summed E-state index contributed by atoms with van der Waals surface area (Å²) < 4.78 is 16.4. The van der Waals surface area contributed by atoms with Gasteiger partial charge in [-0.2, -0.15) is 0 Å². The molecule has 2 aliphatic rings. The lowest BCUT2D eigenvalue weighted by Gasteiger charge is -2.28. The monoisotopic (exact) mass is 453 g/mol. The second kappa shape index (κ2) is 9.54. The Morgan fingerprint density at radius 2 is 1.94 bits per heavy atom. The molecule has 2 aromatic carbocycles. The third-order valence-corrected chi connectivity index (χ3v) is 5.93. The van der Waals surface area contributed by atoms with E-state index in [1.165, 1.54) is 18.1 Å². The number of carbonyl (C=O) groups excluding carboxylic acids is 2. The first-order chi connectivity index (χ1) is 15.9. The minimum atomic E-state index is -0.851. The minimum Gasteiger partial charge on any atom is -0.507 e. The number of ketones is 1. The number of phenolic OH excluding ortho intramolecular Hbond substituents is 1. The second-order valence-electron chi connectivity index (χ2n) is 7.98. The molecule has 2 atom stereocenters. The molecule has 2 heterocycles. The number of phenols is 1. The van der Waals surface area contributed by atoms with Gasteiger partial charge in [0.05, 0.1) is 31.4 Å². The van der Waals surface area contributed by atoms with E-state index in [4.69, 9.17) is 14.2 Å². The number of amides is 1. The SMILES string of the molecule is CCOc1cc([C@@H]2C(=C(O)c3ccc(OC)cc3)C(=O)C(=O)N2C[C@H]2CCCO2)ccc1O. The molecule has 2 aliphatic heterocycles. The summed E-state index contributed by atoms with van der Waals surface area (Å²) in [6.07, 6.45) is 1.49. The molecular weight excluding hydrogens is 426 g/mol. The normalized spacial score (nSPS) is 22.1. The van der Waals surface area contributed by atoms with Crippen molar-refractivity contribution in [3.05, 3.63) is 59.2 Å². The van der Waals surface area contributed by atoms with Crippen molar-refractivity contribution in [2.24, 2.45) is 0 Å². The van der Waals surface area contributed by atoms with E-state index in [-0.39, 0.29) is 35.5 Å². The summed E-state index contributed by atoms with van der Waals surface area (Å²) >= 11 is 0. The maximum Gasteiger partial charge on any atom is 0.295 e. The van der Waals surface area contributed by atoms with E-state index >= 15 is 0 Å². The summed E-state index contributed by atoms with van der Waals surface area (Å²) in [5.41, 5.74) is 0.916. The molecule has 2 fully saturated rings. The van der Waals surface area contributed by atoms with Gasteiger partial charge in [-0.05, 0) is 61.7 Å². The van der Waals surface area contributed by atoms with Gasteiger partial charge in [0.2, 0.25) is 0 Å². The van der Waals surface area contributed by atoms with Crippen molar-refractivity contribution in [1.29, 1.82) is 0 Å². The van der Waals surface area contributed by atoms with E-state index in [0.29, 0.717) is 30.1 Å². The molecule has 33 heavy (non-hydrogen) atoms. The van der Waals surface area contributed by atoms with Crippen molar-refractivity contribution in [3.8, 4) is 17.2 Å². The molecule has 4 rings (SSSR count). The Morgan fingerprint density at radius 3 is 2.58 bits per heavy atom. The number of Topliss-reactive ketones (excluding diaryl/α,β-unsaturated/α-hetero) is 1. The van der Waals surface area contributed by atoms with Gasteiger partial charge in [-0.25, -0.2) is 0 Å². The molecule has 0 bridgehead atoms. The zero-order valence-electron chi connectivity index (χ0n) is 18.6. The highest BCUT2D eigenvalue weighted by Gasteiger charge is 2.47. The molecule has 0 unspecified atom stereocenters. The maximum absolute atomic E-state index is 13.1. The van der Waals surface area contributed by atoms with Crippen molar-refractivity contribution >= 4 is 17.4 Å². The van der Waals surface area contributed by atoms with Gasteiger partial charge in [-0.3, -0.25) is 9.59 Å². The summed E-state index contributed by atoms with van der Waals surface area (Å²) in [5, 5.41) is 21.3. The van der Waals surface area contributed by atoms with Crippen LogP contribution in [0.2, 0.25) is 0 Å². The van der Waals surface area contributed by atoms with Crippen molar-refractivity contribution in [2.75, 3.05) is 26.9 Å². The Hall–Kier alpha value is -3.52. The summed E-state index contributed by atoms with van der Waals surface area (Å²) in [4.78, 5) is 27.6. The average Bonchev–Trinajstić information content (AvgIpc) is 3.43. The van der Waals surface area contributed by atoms with E-state index in [9.17, 15) is 19.8 Å². The van der Waals surface area contributed by atoms with Gasteiger partial charge in [0.1, 0.15) is 11.5 Å². The lowest BCUT2D eigenvalue weighted by molar-refractivity contribution is -0.140. The van der Waals surface area contributed by atoms with Crippen molar-refractivity contribution in [2.45, 2.75) is 31.9 Å². The number of nitrogens with zero attached hydrogens (tertiary/aromatic N) is 1. The number of rotatable bonds is 7. The fourth-order valence-corrected chi connectivity index (χ4v) is 4.30. The highest BCUT2D eigenvalue weighted by Crippen LogP contribution is 2.42. The summed E-state index contributed by atoms with van der Waals surface area (Å²) in [5.74, 6) is -0.952. The molecule has 0 radical (unpaired) electrons. The Morgan fingerprint density at radius 1 is 1.18 bits per heavy atom. The van der Waals surface area contributed by atoms with Crippen LogP contribution in [0.15, 0.2) is 48.0 Å². The van der Waals surface area contributed by atoms with Crippen LogP contribution in [-0.2, 0) is 14.3 Å². The van der Waals surface area contributed by atoms with Crippen molar-refractivity contribution in [3.63, 3.8) is 0 Å². The van der Waals surface area contributed by atoms with Crippen LogP contribution in [0, 0.1) is 0 Å². The molecule has 2 aromatic rings. The highest BCUT2D eigenvalue weighted by molar-refractivity contribution is 6.46. The Labute approximate surface area is 192 Å². The molecule has 8 heteroatoms. The zero-order valence-corrected chi connectivity index (χ0v) is 18.6. The topological polar surface area (TPSA) is 106 Å². The third-order valence-electron chi connectivity index (χ3n) is 5.93. The highest BCUT2D eigenvalue weighted by atomic mass is 16.5. The number of ether oxygens (including phenoxy) is 3. The summed E-state index contributed by atoms with van der Waals surface area (Å²) in [6.45, 7) is 2.95. The van der Waals surface area contributed by atoms with Gasteiger partial charge in [0.25, 0.3) is 11.7 Å². The van der Waals surface area contributed by atoms with Crippen molar-refractivity contribution < 1.29 is 34.0 Å². The smallest absolute Gasteiger partial charge is 0.295 e. The fraction of sp³-hybridized carbons (Fsp3) is 0.360. The van der Waals surface area contributed by atoms with Gasteiger partial charge in [-0.15, -0.1) is 0 Å². The first kappa shape index (κ1) is 22.7. The predicted octanol–water partition coefficient (Wildman–Crippen LogP) is 3.40. The van der Waals surface area contributed by atoms with Gasteiger partial charge < -0.3 is 29.3 Å². The molecule has 0 aromatic heterocycles.